The van der Waals surface area contributed by atoms with E-state index < -0.39 is 30.3 Å². The minimum absolute atomic E-state index is 0.00694. The molecule has 8 heteroatoms. The van der Waals surface area contributed by atoms with E-state index >= 15 is 0 Å². The molecule has 1 atom stereocenters. The monoisotopic (exact) mass is 350 g/mol. The van der Waals surface area contributed by atoms with E-state index in [1.54, 1.807) is 6.92 Å². The number of methoxy groups -OCH3 is 5. The van der Waals surface area contributed by atoms with Crippen molar-refractivity contribution in [3.05, 3.63) is 0 Å². The summed E-state index contributed by atoms with van der Waals surface area (Å²) in [6, 6.07) is 0. The van der Waals surface area contributed by atoms with Gasteiger partial charge in [0.25, 0.3) is 0 Å². The van der Waals surface area contributed by atoms with Crippen molar-refractivity contribution in [2.45, 2.75) is 45.7 Å². The fourth-order valence-electron chi connectivity index (χ4n) is 1.84. The van der Waals surface area contributed by atoms with Crippen LogP contribution < -0.4 is 0 Å². The van der Waals surface area contributed by atoms with Gasteiger partial charge in [0.1, 0.15) is 5.92 Å². The van der Waals surface area contributed by atoms with E-state index in [9.17, 15) is 14.4 Å². The number of carbonyl (C=O) groups excluding carboxylic acids is 3. The maximum Gasteiger partial charge on any atom is 0.316 e. The first kappa shape index (κ1) is 24.9. The summed E-state index contributed by atoms with van der Waals surface area (Å²) in [5.74, 6) is -1.78. The van der Waals surface area contributed by atoms with E-state index in [1.807, 2.05) is 6.92 Å². The largest absolute Gasteiger partial charge is 0.468 e. The van der Waals surface area contributed by atoms with Gasteiger partial charge in [-0.05, 0) is 12.8 Å². The highest BCUT2D eigenvalue weighted by molar-refractivity contribution is 6.00. The molecular weight excluding hydrogens is 320 g/mol. The molecular formula is C16H30O8. The molecule has 0 spiro atoms. The smallest absolute Gasteiger partial charge is 0.316 e. The molecule has 0 fully saturated rings. The van der Waals surface area contributed by atoms with Crippen molar-refractivity contribution in [2.24, 2.45) is 5.92 Å². The summed E-state index contributed by atoms with van der Waals surface area (Å²) in [7, 11) is 6.85. The Labute approximate surface area is 143 Å². The van der Waals surface area contributed by atoms with Gasteiger partial charge >= 0.3 is 5.97 Å². The van der Waals surface area contributed by atoms with Crippen LogP contribution in [0.25, 0.3) is 0 Å². The summed E-state index contributed by atoms with van der Waals surface area (Å²) in [5.41, 5.74) is 0. The zero-order chi connectivity index (χ0) is 19.1. The van der Waals surface area contributed by atoms with Crippen molar-refractivity contribution in [2.75, 3.05) is 35.5 Å². The molecule has 0 aromatic rings. The summed E-state index contributed by atoms with van der Waals surface area (Å²) >= 11 is 0. The van der Waals surface area contributed by atoms with Crippen molar-refractivity contribution in [1.82, 2.24) is 0 Å². The average Bonchev–Trinajstić information content (AvgIpc) is 2.58. The Hall–Kier alpha value is -1.35. The molecule has 0 rings (SSSR count). The zero-order valence-electron chi connectivity index (χ0n) is 15.6. The number of esters is 1. The normalized spacial score (nSPS) is 11.7. The molecule has 0 aliphatic carbocycles. The number of carbonyl (C=O) groups is 3. The van der Waals surface area contributed by atoms with Crippen molar-refractivity contribution in [1.29, 1.82) is 0 Å². The molecule has 24 heavy (non-hydrogen) atoms. The number of ether oxygens (including phenoxy) is 5. The Morgan fingerprint density at radius 2 is 1.25 bits per heavy atom. The summed E-state index contributed by atoms with van der Waals surface area (Å²) in [4.78, 5) is 33.7. The summed E-state index contributed by atoms with van der Waals surface area (Å²) in [6.45, 7) is 3.67. The van der Waals surface area contributed by atoms with Crippen LogP contribution in [0.5, 0.6) is 0 Å². The van der Waals surface area contributed by atoms with Gasteiger partial charge in [0.15, 0.2) is 5.78 Å². The fraction of sp³-hybridized carbons (Fsp3) is 0.812. The SMILES string of the molecule is CCC(C(=O)OC)C(=O)C(OC)OC.CCCC(=O)C(OC)OC. The van der Waals surface area contributed by atoms with Crippen LogP contribution in [0.2, 0.25) is 0 Å². The zero-order valence-corrected chi connectivity index (χ0v) is 15.6. The molecule has 8 nitrogen and oxygen atoms in total. The Balaban J connectivity index is 0. The Kier molecular flexibility index (Phi) is 15.8. The van der Waals surface area contributed by atoms with Gasteiger partial charge in [-0.3, -0.25) is 14.4 Å². The van der Waals surface area contributed by atoms with Crippen molar-refractivity contribution in [3.8, 4) is 0 Å². The molecule has 142 valence electrons. The number of hydrogen-bond acceptors (Lipinski definition) is 8. The third-order valence-corrected chi connectivity index (χ3v) is 3.09. The molecule has 0 radical (unpaired) electrons. The molecule has 0 aliphatic heterocycles. The first-order valence-electron chi connectivity index (χ1n) is 7.63. The third-order valence-electron chi connectivity index (χ3n) is 3.09. The fourth-order valence-corrected chi connectivity index (χ4v) is 1.84. The molecule has 0 bridgehead atoms. The molecule has 0 N–H and O–H groups in total. The summed E-state index contributed by atoms with van der Waals surface area (Å²) in [5, 5.41) is 0. The van der Waals surface area contributed by atoms with Gasteiger partial charge in [-0.25, -0.2) is 0 Å². The van der Waals surface area contributed by atoms with E-state index in [-0.39, 0.29) is 5.78 Å². The summed E-state index contributed by atoms with van der Waals surface area (Å²) in [6.07, 6.45) is 0.0577. The van der Waals surface area contributed by atoms with E-state index in [0.717, 1.165) is 6.42 Å². The van der Waals surface area contributed by atoms with E-state index in [0.29, 0.717) is 12.8 Å². The predicted molar refractivity (Wildman–Crippen MR) is 86.3 cm³/mol. The molecule has 0 amide bonds. The highest BCUT2D eigenvalue weighted by atomic mass is 16.7. The van der Waals surface area contributed by atoms with Gasteiger partial charge in [-0.15, -0.1) is 0 Å². The van der Waals surface area contributed by atoms with Crippen LogP contribution in [0, 0.1) is 5.92 Å². The van der Waals surface area contributed by atoms with E-state index in [4.69, 9.17) is 18.9 Å². The second-order valence-corrected chi connectivity index (χ2v) is 4.71. The van der Waals surface area contributed by atoms with E-state index in [2.05, 4.69) is 4.74 Å². The van der Waals surface area contributed by atoms with Gasteiger partial charge in [-0.2, -0.15) is 0 Å². The Morgan fingerprint density at radius 3 is 1.54 bits per heavy atom. The molecule has 0 aromatic heterocycles. The van der Waals surface area contributed by atoms with Crippen molar-refractivity contribution < 1.29 is 38.1 Å². The lowest BCUT2D eigenvalue weighted by molar-refractivity contribution is -0.168. The number of ketones is 2. The first-order valence-corrected chi connectivity index (χ1v) is 7.63. The average molecular weight is 350 g/mol. The van der Waals surface area contributed by atoms with Gasteiger partial charge < -0.3 is 23.7 Å². The molecule has 0 saturated carbocycles. The molecule has 0 saturated heterocycles. The Morgan fingerprint density at radius 1 is 0.792 bits per heavy atom. The molecule has 1 unspecified atom stereocenters. The van der Waals surface area contributed by atoms with Crippen LogP contribution in [-0.2, 0) is 38.1 Å². The topological polar surface area (TPSA) is 97.4 Å². The number of rotatable bonds is 11. The predicted octanol–water partition coefficient (Wildman–Crippen LogP) is 1.35. The Bertz CT molecular complexity index is 361. The van der Waals surface area contributed by atoms with Crippen LogP contribution in [0.1, 0.15) is 33.1 Å². The highest BCUT2D eigenvalue weighted by Crippen LogP contribution is 2.11. The maximum absolute atomic E-state index is 11.6. The minimum Gasteiger partial charge on any atom is -0.468 e. The van der Waals surface area contributed by atoms with Crippen LogP contribution >= 0.6 is 0 Å². The highest BCUT2D eigenvalue weighted by Gasteiger charge is 2.31. The van der Waals surface area contributed by atoms with Crippen molar-refractivity contribution in [3.63, 3.8) is 0 Å². The van der Waals surface area contributed by atoms with Gasteiger partial charge in [-0.1, -0.05) is 13.8 Å². The quantitative estimate of drug-likeness (QED) is 0.313. The minimum atomic E-state index is -1.00. The maximum atomic E-state index is 11.6. The van der Waals surface area contributed by atoms with Gasteiger partial charge in [0.2, 0.25) is 18.4 Å². The summed E-state index contributed by atoms with van der Waals surface area (Å²) < 4.78 is 23.5. The second kappa shape index (κ2) is 15.2. The first-order chi connectivity index (χ1) is 11.4. The number of hydrogen-bond donors (Lipinski definition) is 0. The molecule has 0 heterocycles. The molecule has 0 aromatic carbocycles. The van der Waals surface area contributed by atoms with Crippen LogP contribution in [0.4, 0.5) is 0 Å². The lowest BCUT2D eigenvalue weighted by atomic mass is 10.0. The molecule has 0 aliphatic rings. The van der Waals surface area contributed by atoms with Crippen LogP contribution in [0.15, 0.2) is 0 Å². The lowest BCUT2D eigenvalue weighted by Crippen LogP contribution is -2.35. The standard InChI is InChI=1S/C9H16O5.C7H14O3/c1-5-6(8(11)12-2)7(10)9(13-3)14-4;1-4-5-6(8)7(9-2)10-3/h6,9H,5H2,1-4H3;7H,4-5H2,1-3H3. The van der Waals surface area contributed by atoms with Crippen LogP contribution in [-0.4, -0.2) is 65.7 Å². The third kappa shape index (κ3) is 9.07. The van der Waals surface area contributed by atoms with E-state index in [1.165, 1.54) is 35.5 Å². The van der Waals surface area contributed by atoms with Crippen LogP contribution in [0.3, 0.4) is 0 Å². The number of Topliss-reactive ketones (excluding diaryl/α,β-unsaturated/α-hetero) is 2. The van der Waals surface area contributed by atoms with Crippen molar-refractivity contribution >= 4 is 17.5 Å². The van der Waals surface area contributed by atoms with Gasteiger partial charge in [0.05, 0.1) is 7.11 Å². The second-order valence-electron chi connectivity index (χ2n) is 4.71. The lowest BCUT2D eigenvalue weighted by Gasteiger charge is -2.17. The van der Waals surface area contributed by atoms with Gasteiger partial charge in [0, 0.05) is 34.9 Å².